The summed E-state index contributed by atoms with van der Waals surface area (Å²) in [5.74, 6) is 0. The van der Waals surface area contributed by atoms with E-state index in [-0.39, 0.29) is 33.9 Å². The van der Waals surface area contributed by atoms with E-state index in [1.54, 1.807) is 0 Å². The van der Waals surface area contributed by atoms with Crippen molar-refractivity contribution in [3.05, 3.63) is 149 Å². The molecule has 0 N–H and O–H groups in total. The summed E-state index contributed by atoms with van der Waals surface area (Å²) >= 11 is 0. The summed E-state index contributed by atoms with van der Waals surface area (Å²) in [7, 11) is 0. The third kappa shape index (κ3) is 5.82. The van der Waals surface area contributed by atoms with Gasteiger partial charge in [0.15, 0.2) is 0 Å². The summed E-state index contributed by atoms with van der Waals surface area (Å²) in [6.45, 7) is 30.6. The van der Waals surface area contributed by atoms with E-state index >= 15 is 0 Å². The molecule has 2 aliphatic heterocycles. The van der Waals surface area contributed by atoms with Crippen LogP contribution in [0.1, 0.15) is 131 Å². The first-order chi connectivity index (χ1) is 31.1. The molecule has 9 aromatic rings. The highest BCUT2D eigenvalue weighted by Crippen LogP contribution is 2.55. The van der Waals surface area contributed by atoms with Gasteiger partial charge in [-0.2, -0.15) is 0 Å². The number of fused-ring (bicyclic) bond motifs is 12. The summed E-state index contributed by atoms with van der Waals surface area (Å²) in [4.78, 5) is 2.65. The number of benzene rings is 7. The van der Waals surface area contributed by atoms with E-state index in [2.05, 4.69) is 221 Å². The smallest absolute Gasteiger partial charge is 0.376 e. The quantitative estimate of drug-likeness (QED) is 0.162. The molecule has 0 saturated heterocycles. The van der Waals surface area contributed by atoms with E-state index in [0.29, 0.717) is 0 Å². The highest BCUT2D eigenvalue weighted by atomic mass is 16.3. The molecule has 66 heavy (non-hydrogen) atoms. The zero-order chi connectivity index (χ0) is 46.2. The molecule has 0 unspecified atom stereocenters. The number of hydrogen-bond acceptors (Lipinski definition) is 2. The molecule has 0 radical (unpaired) electrons. The maximum Gasteiger partial charge on any atom is 0.376 e. The van der Waals surface area contributed by atoms with Gasteiger partial charge < -0.3 is 13.8 Å². The van der Waals surface area contributed by atoms with Crippen LogP contribution < -0.4 is 16.0 Å². The molecular formula is C62H63BN2O. The largest absolute Gasteiger partial charge is 0.466 e. The van der Waals surface area contributed by atoms with E-state index < -0.39 is 0 Å². The van der Waals surface area contributed by atoms with Gasteiger partial charge in [0.2, 0.25) is 0 Å². The molecule has 3 nitrogen and oxygen atoms in total. The van der Waals surface area contributed by atoms with Gasteiger partial charge in [0.25, 0.3) is 0 Å². The van der Waals surface area contributed by atoms with Crippen molar-refractivity contribution >= 4 is 78.6 Å². The number of rotatable bonds is 2. The SMILES string of the molecule is CC(C)(C)c1ccc(N2c3c4c(cc5ccccc35)-c3cc(C(C)(C)C)cc5c6cc(C(C)(C)C)ccc6n(c35)B4c3oc4cc5c(cc4c32)C(C)(C)CCC5(C)C)c(-c2ccccc2)c1. The zero-order valence-electron chi connectivity index (χ0n) is 41.3. The topological polar surface area (TPSA) is 21.3 Å². The van der Waals surface area contributed by atoms with Crippen molar-refractivity contribution in [2.75, 3.05) is 4.90 Å². The van der Waals surface area contributed by atoms with Crippen molar-refractivity contribution in [2.45, 2.75) is 130 Å². The Labute approximate surface area is 391 Å². The summed E-state index contributed by atoms with van der Waals surface area (Å²) in [6.07, 6.45) is 2.29. The minimum Gasteiger partial charge on any atom is -0.466 e. The molecule has 1 aliphatic carbocycles. The molecule has 0 saturated carbocycles. The Hall–Kier alpha value is -6.00. The molecule has 0 fully saturated rings. The zero-order valence-corrected chi connectivity index (χ0v) is 41.3. The monoisotopic (exact) mass is 863 g/mol. The highest BCUT2D eigenvalue weighted by molar-refractivity contribution is 6.90. The van der Waals surface area contributed by atoms with Crippen LogP contribution in [0, 0.1) is 0 Å². The predicted molar refractivity (Wildman–Crippen MR) is 284 cm³/mol. The highest BCUT2D eigenvalue weighted by Gasteiger charge is 2.49. The average Bonchev–Trinajstić information content (AvgIpc) is 3.81. The molecule has 0 spiro atoms. The van der Waals surface area contributed by atoms with Crippen LogP contribution in [0.4, 0.5) is 17.1 Å². The third-order valence-electron chi connectivity index (χ3n) is 16.1. The second kappa shape index (κ2) is 13.3. The lowest BCUT2D eigenvalue weighted by Gasteiger charge is -2.42. The van der Waals surface area contributed by atoms with Crippen molar-refractivity contribution in [3.8, 4) is 22.3 Å². The lowest BCUT2D eigenvalue weighted by atomic mass is 9.47. The fourth-order valence-corrected chi connectivity index (χ4v) is 12.0. The second-order valence-corrected chi connectivity index (χ2v) is 24.5. The first-order valence-corrected chi connectivity index (χ1v) is 24.4. The first-order valence-electron chi connectivity index (χ1n) is 24.4. The molecule has 0 amide bonds. The number of aromatic nitrogens is 1. The number of furan rings is 1. The van der Waals surface area contributed by atoms with Gasteiger partial charge in [-0.15, -0.1) is 0 Å². The molecule has 12 rings (SSSR count). The van der Waals surface area contributed by atoms with Crippen molar-refractivity contribution in [1.82, 2.24) is 4.48 Å². The van der Waals surface area contributed by atoms with Gasteiger partial charge in [-0.1, -0.05) is 157 Å². The van der Waals surface area contributed by atoms with Crippen LogP contribution in [0.25, 0.3) is 65.8 Å². The van der Waals surface area contributed by atoms with Crippen LogP contribution in [0.15, 0.2) is 126 Å². The molecule has 7 aromatic carbocycles. The van der Waals surface area contributed by atoms with Gasteiger partial charge in [-0.25, -0.2) is 0 Å². The summed E-state index contributed by atoms with van der Waals surface area (Å²) in [6, 6.07) is 47.3. The fourth-order valence-electron chi connectivity index (χ4n) is 12.0. The minimum atomic E-state index is -0.209. The summed E-state index contributed by atoms with van der Waals surface area (Å²) in [5.41, 5.74) is 21.2. The van der Waals surface area contributed by atoms with Crippen LogP contribution in [-0.2, 0) is 27.1 Å². The van der Waals surface area contributed by atoms with Crippen LogP contribution in [0.5, 0.6) is 0 Å². The van der Waals surface area contributed by atoms with Gasteiger partial charge in [0.05, 0.1) is 17.1 Å². The van der Waals surface area contributed by atoms with E-state index in [1.807, 2.05) is 0 Å². The van der Waals surface area contributed by atoms with Gasteiger partial charge in [0.1, 0.15) is 11.2 Å². The van der Waals surface area contributed by atoms with E-state index in [9.17, 15) is 0 Å². The second-order valence-electron chi connectivity index (χ2n) is 24.5. The van der Waals surface area contributed by atoms with Gasteiger partial charge >= 0.3 is 6.85 Å². The Balaban J connectivity index is 1.31. The maximum atomic E-state index is 7.71. The first kappa shape index (κ1) is 41.4. The molecule has 330 valence electrons. The van der Waals surface area contributed by atoms with Gasteiger partial charge in [-0.05, 0) is 144 Å². The van der Waals surface area contributed by atoms with E-state index in [0.717, 1.165) is 29.8 Å². The van der Waals surface area contributed by atoms with E-state index in [1.165, 1.54) is 105 Å². The minimum absolute atomic E-state index is 0.00196. The number of nitrogens with zero attached hydrogens (tertiary/aromatic N) is 2. The average molecular weight is 863 g/mol. The van der Waals surface area contributed by atoms with Crippen LogP contribution in [0.2, 0.25) is 0 Å². The molecule has 0 atom stereocenters. The maximum absolute atomic E-state index is 7.71. The van der Waals surface area contributed by atoms with Crippen LogP contribution >= 0.6 is 0 Å². The van der Waals surface area contributed by atoms with Gasteiger partial charge in [0, 0.05) is 43.7 Å². The number of anilines is 3. The standard InChI is InChI=1S/C62H63BN2O/c1-58(2,3)38-23-25-50(42(30-38)36-19-15-14-16-20-36)64-55-41-22-18-17-21-37(41)29-44-46-33-40(60(7,8)9)32-45-43-31-39(59(4,5)6)24-26-51(43)65(54(45)46)63(53(44)55)57-56(64)47-34-48-49(35-52(47)66-57)62(12,13)28-27-61(48,10)11/h14-26,29-35H,27-28H2,1-13H3. The number of hydrogen-bond donors (Lipinski definition) is 0. The van der Waals surface area contributed by atoms with Crippen molar-refractivity contribution < 1.29 is 4.42 Å². The Morgan fingerprint density at radius 2 is 1.12 bits per heavy atom. The Kier molecular flexibility index (Phi) is 8.37. The third-order valence-corrected chi connectivity index (χ3v) is 16.1. The molecule has 4 heterocycles. The Morgan fingerprint density at radius 3 is 1.82 bits per heavy atom. The summed E-state index contributed by atoms with van der Waals surface area (Å²) in [5, 5.41) is 6.31. The fraction of sp³-hybridized carbons (Fsp3) is 0.323. The van der Waals surface area contributed by atoms with E-state index in [4.69, 9.17) is 4.42 Å². The molecule has 3 aliphatic rings. The predicted octanol–water partition coefficient (Wildman–Crippen LogP) is 16.0. The van der Waals surface area contributed by atoms with Crippen LogP contribution in [-0.4, -0.2) is 11.3 Å². The Morgan fingerprint density at radius 1 is 0.515 bits per heavy atom. The molecule has 0 bridgehead atoms. The van der Waals surface area contributed by atoms with Crippen molar-refractivity contribution in [3.63, 3.8) is 0 Å². The lowest BCUT2D eigenvalue weighted by molar-refractivity contribution is 0.332. The molecular weight excluding hydrogens is 800 g/mol. The Bertz CT molecular complexity index is 3540. The molecule has 4 heteroatoms. The lowest BCUT2D eigenvalue weighted by Crippen LogP contribution is -2.56. The van der Waals surface area contributed by atoms with Crippen molar-refractivity contribution in [1.29, 1.82) is 0 Å². The van der Waals surface area contributed by atoms with Crippen LogP contribution in [0.3, 0.4) is 0 Å². The van der Waals surface area contributed by atoms with Crippen molar-refractivity contribution in [2.24, 2.45) is 0 Å². The molecule has 2 aromatic heterocycles. The normalized spacial score (nSPS) is 16.3. The summed E-state index contributed by atoms with van der Waals surface area (Å²) < 4.78 is 10.4. The van der Waals surface area contributed by atoms with Gasteiger partial charge in [-0.3, -0.25) is 0 Å².